The first-order valence-corrected chi connectivity index (χ1v) is 7.37. The van der Waals surface area contributed by atoms with Gasteiger partial charge in [-0.3, -0.25) is 9.97 Å². The van der Waals surface area contributed by atoms with Gasteiger partial charge in [0.25, 0.3) is 0 Å². The molecule has 0 saturated carbocycles. The third-order valence-electron chi connectivity index (χ3n) is 3.82. The van der Waals surface area contributed by atoms with E-state index in [9.17, 15) is 4.79 Å². The molecule has 1 aliphatic carbocycles. The molecule has 0 radical (unpaired) electrons. The van der Waals surface area contributed by atoms with Crippen molar-refractivity contribution in [2.24, 2.45) is 0 Å². The van der Waals surface area contributed by atoms with Crippen molar-refractivity contribution in [1.29, 1.82) is 0 Å². The fourth-order valence-electron chi connectivity index (χ4n) is 2.56. The molecule has 2 heterocycles. The predicted molar refractivity (Wildman–Crippen MR) is 85.0 cm³/mol. The lowest BCUT2D eigenvalue weighted by Crippen LogP contribution is -2.05. The quantitative estimate of drug-likeness (QED) is 0.791. The van der Waals surface area contributed by atoms with Crippen molar-refractivity contribution in [3.8, 4) is 11.5 Å². The van der Waals surface area contributed by atoms with Gasteiger partial charge in [-0.25, -0.2) is 4.79 Å². The summed E-state index contributed by atoms with van der Waals surface area (Å²) in [4.78, 5) is 19.4. The SMILES string of the molecule is O=C(O)C1=CCC(c2nnc(-c3ccc4nccnc4c3)o2)C=C1. The number of nitrogens with zero attached hydrogens (tertiary/aromatic N) is 4. The van der Waals surface area contributed by atoms with Gasteiger partial charge in [0, 0.05) is 18.0 Å². The van der Waals surface area contributed by atoms with Gasteiger partial charge in [-0.15, -0.1) is 10.2 Å². The minimum atomic E-state index is -0.937. The Labute approximate surface area is 136 Å². The average Bonchev–Trinajstić information content (AvgIpc) is 3.11. The first-order chi connectivity index (χ1) is 11.7. The molecule has 0 spiro atoms. The van der Waals surface area contributed by atoms with Crippen LogP contribution in [0.15, 0.2) is 58.8 Å². The Kier molecular flexibility index (Phi) is 3.38. The monoisotopic (exact) mass is 320 g/mol. The smallest absolute Gasteiger partial charge is 0.335 e. The second kappa shape index (κ2) is 5.69. The van der Waals surface area contributed by atoms with Gasteiger partial charge in [0.15, 0.2) is 0 Å². The molecule has 7 heteroatoms. The topological polar surface area (TPSA) is 102 Å². The summed E-state index contributed by atoms with van der Waals surface area (Å²) >= 11 is 0. The van der Waals surface area contributed by atoms with E-state index in [1.165, 1.54) is 0 Å². The Balaban J connectivity index is 1.61. The number of aliphatic carboxylic acids is 1. The molecule has 0 fully saturated rings. The number of hydrogen-bond donors (Lipinski definition) is 1. The zero-order chi connectivity index (χ0) is 16.5. The third kappa shape index (κ3) is 2.56. The molecule has 0 saturated heterocycles. The average molecular weight is 320 g/mol. The van der Waals surface area contributed by atoms with Gasteiger partial charge in [-0.2, -0.15) is 0 Å². The summed E-state index contributed by atoms with van der Waals surface area (Å²) in [7, 11) is 0. The molecule has 0 aliphatic heterocycles. The van der Waals surface area contributed by atoms with E-state index in [-0.39, 0.29) is 11.5 Å². The Morgan fingerprint density at radius 1 is 1.17 bits per heavy atom. The lowest BCUT2D eigenvalue weighted by atomic mass is 9.97. The Morgan fingerprint density at radius 2 is 2.00 bits per heavy atom. The van der Waals surface area contributed by atoms with Crippen molar-refractivity contribution >= 4 is 17.0 Å². The van der Waals surface area contributed by atoms with E-state index in [1.54, 1.807) is 30.6 Å². The summed E-state index contributed by atoms with van der Waals surface area (Å²) < 4.78 is 5.76. The summed E-state index contributed by atoms with van der Waals surface area (Å²) in [6, 6.07) is 5.55. The first kappa shape index (κ1) is 14.3. The number of hydrogen-bond acceptors (Lipinski definition) is 6. The van der Waals surface area contributed by atoms with E-state index in [2.05, 4.69) is 20.2 Å². The van der Waals surface area contributed by atoms with Crippen LogP contribution < -0.4 is 0 Å². The van der Waals surface area contributed by atoms with Crippen LogP contribution in [0.3, 0.4) is 0 Å². The van der Waals surface area contributed by atoms with Crippen LogP contribution in [0.4, 0.5) is 0 Å². The highest BCUT2D eigenvalue weighted by Gasteiger charge is 2.20. The molecule has 4 rings (SSSR count). The normalized spacial score (nSPS) is 17.0. The Bertz CT molecular complexity index is 990. The summed E-state index contributed by atoms with van der Waals surface area (Å²) in [6.45, 7) is 0. The molecule has 1 aromatic carbocycles. The highest BCUT2D eigenvalue weighted by molar-refractivity contribution is 5.90. The zero-order valence-electron chi connectivity index (χ0n) is 12.5. The van der Waals surface area contributed by atoms with E-state index in [4.69, 9.17) is 9.52 Å². The van der Waals surface area contributed by atoms with E-state index >= 15 is 0 Å². The summed E-state index contributed by atoms with van der Waals surface area (Å²) in [5, 5.41) is 17.1. The molecule has 1 N–H and O–H groups in total. The highest BCUT2D eigenvalue weighted by Crippen LogP contribution is 2.29. The van der Waals surface area contributed by atoms with Gasteiger partial charge in [0.05, 0.1) is 22.5 Å². The van der Waals surface area contributed by atoms with Crippen LogP contribution in [0.2, 0.25) is 0 Å². The van der Waals surface area contributed by atoms with Gasteiger partial charge < -0.3 is 9.52 Å². The standard InChI is InChI=1S/C17H12N4O3/c22-17(23)11-3-1-10(2-4-11)15-20-21-16(24-15)12-5-6-13-14(9-12)19-8-7-18-13/h1,3-10H,2H2,(H,22,23). The molecule has 1 atom stereocenters. The van der Waals surface area contributed by atoms with Gasteiger partial charge in [0.1, 0.15) is 0 Å². The van der Waals surface area contributed by atoms with Crippen LogP contribution in [0.25, 0.3) is 22.5 Å². The van der Waals surface area contributed by atoms with Crippen LogP contribution in [-0.2, 0) is 4.79 Å². The molecule has 118 valence electrons. The molecule has 0 amide bonds. The predicted octanol–water partition coefficient (Wildman–Crippen LogP) is 2.73. The molecular weight excluding hydrogens is 308 g/mol. The number of rotatable bonds is 3. The molecule has 0 bridgehead atoms. The summed E-state index contributed by atoms with van der Waals surface area (Å²) in [5.41, 5.74) is 2.59. The van der Waals surface area contributed by atoms with E-state index in [0.717, 1.165) is 16.6 Å². The summed E-state index contributed by atoms with van der Waals surface area (Å²) in [6.07, 6.45) is 8.77. The van der Waals surface area contributed by atoms with Crippen LogP contribution in [0.5, 0.6) is 0 Å². The van der Waals surface area contributed by atoms with Crippen molar-refractivity contribution in [2.75, 3.05) is 0 Å². The van der Waals surface area contributed by atoms with Gasteiger partial charge in [-0.1, -0.05) is 18.2 Å². The summed E-state index contributed by atoms with van der Waals surface area (Å²) in [5.74, 6) is -0.192. The van der Waals surface area contributed by atoms with Gasteiger partial charge >= 0.3 is 5.97 Å². The van der Waals surface area contributed by atoms with Crippen molar-refractivity contribution in [3.05, 3.63) is 60.3 Å². The van der Waals surface area contributed by atoms with Gasteiger partial charge in [-0.05, 0) is 24.6 Å². The molecular formula is C17H12N4O3. The highest BCUT2D eigenvalue weighted by atomic mass is 16.4. The number of allylic oxidation sites excluding steroid dienone is 2. The number of benzene rings is 1. The van der Waals surface area contributed by atoms with Crippen molar-refractivity contribution in [1.82, 2.24) is 20.2 Å². The third-order valence-corrected chi connectivity index (χ3v) is 3.82. The minimum absolute atomic E-state index is 0.116. The maximum absolute atomic E-state index is 10.9. The number of carboxylic acids is 1. The number of aromatic nitrogens is 4. The number of fused-ring (bicyclic) bond motifs is 1. The van der Waals surface area contributed by atoms with Crippen LogP contribution in [0.1, 0.15) is 18.2 Å². The lowest BCUT2D eigenvalue weighted by Gasteiger charge is -2.10. The second-order valence-corrected chi connectivity index (χ2v) is 5.37. The zero-order valence-corrected chi connectivity index (χ0v) is 12.5. The molecule has 1 aliphatic rings. The largest absolute Gasteiger partial charge is 0.478 e. The molecule has 2 aromatic heterocycles. The van der Waals surface area contributed by atoms with E-state index in [1.807, 2.05) is 18.2 Å². The van der Waals surface area contributed by atoms with Crippen LogP contribution in [0, 0.1) is 0 Å². The fourth-order valence-corrected chi connectivity index (χ4v) is 2.56. The van der Waals surface area contributed by atoms with Crippen molar-refractivity contribution in [2.45, 2.75) is 12.3 Å². The van der Waals surface area contributed by atoms with E-state index in [0.29, 0.717) is 18.2 Å². The molecule has 24 heavy (non-hydrogen) atoms. The minimum Gasteiger partial charge on any atom is -0.478 e. The maximum Gasteiger partial charge on any atom is 0.335 e. The molecule has 1 unspecified atom stereocenters. The van der Waals surface area contributed by atoms with E-state index < -0.39 is 5.97 Å². The second-order valence-electron chi connectivity index (χ2n) is 5.37. The lowest BCUT2D eigenvalue weighted by molar-refractivity contribution is -0.132. The fraction of sp³-hybridized carbons (Fsp3) is 0.118. The first-order valence-electron chi connectivity index (χ1n) is 7.37. The Morgan fingerprint density at radius 3 is 2.75 bits per heavy atom. The molecule has 7 nitrogen and oxygen atoms in total. The maximum atomic E-state index is 10.9. The van der Waals surface area contributed by atoms with Gasteiger partial charge in [0.2, 0.25) is 11.8 Å². The van der Waals surface area contributed by atoms with Crippen LogP contribution in [-0.4, -0.2) is 31.2 Å². The number of carboxylic acid groups (broad SMARTS) is 1. The molecule has 3 aromatic rings. The number of carbonyl (C=O) groups is 1. The van der Waals surface area contributed by atoms with Crippen LogP contribution >= 0.6 is 0 Å². The Hall–Kier alpha value is -3.35. The van der Waals surface area contributed by atoms with Crippen molar-refractivity contribution < 1.29 is 14.3 Å². The van der Waals surface area contributed by atoms with Crippen molar-refractivity contribution in [3.63, 3.8) is 0 Å².